The van der Waals surface area contributed by atoms with Crippen molar-refractivity contribution in [3.8, 4) is 11.5 Å². The molecule has 1 N–H and O–H groups in total. The predicted molar refractivity (Wildman–Crippen MR) is 123 cm³/mol. The average Bonchev–Trinajstić information content (AvgIpc) is 2.71. The molecule has 0 aliphatic heterocycles. The van der Waals surface area contributed by atoms with Crippen LogP contribution in [0.3, 0.4) is 0 Å². The van der Waals surface area contributed by atoms with Crippen LogP contribution in [0.25, 0.3) is 0 Å². The van der Waals surface area contributed by atoms with Crippen molar-refractivity contribution in [3.05, 3.63) is 86.3 Å². The molecule has 0 atom stereocenters. The van der Waals surface area contributed by atoms with E-state index in [1.165, 1.54) is 0 Å². The van der Waals surface area contributed by atoms with Gasteiger partial charge in [0.2, 0.25) is 0 Å². The number of anilines is 1. The molecule has 0 aliphatic carbocycles. The van der Waals surface area contributed by atoms with Gasteiger partial charge in [-0.1, -0.05) is 46.3 Å². The zero-order valence-electron chi connectivity index (χ0n) is 16.2. The van der Waals surface area contributed by atoms with Crippen LogP contribution in [0.4, 0.5) is 5.69 Å². The van der Waals surface area contributed by atoms with E-state index in [2.05, 4.69) is 37.2 Å². The van der Waals surface area contributed by atoms with E-state index in [1.807, 2.05) is 62.4 Å². The Hall–Kier alpha value is -2.31. The first kappa shape index (κ1) is 21.4. The second-order valence-electron chi connectivity index (χ2n) is 6.41. The second-order valence-corrected chi connectivity index (χ2v) is 8.12. The molecule has 4 nitrogen and oxygen atoms in total. The van der Waals surface area contributed by atoms with Crippen LogP contribution in [0.5, 0.6) is 11.5 Å². The Bertz CT molecular complexity index is 1010. The molecule has 0 aromatic heterocycles. The fourth-order valence-corrected chi connectivity index (χ4v) is 3.56. The number of benzene rings is 3. The number of aryl methyl sites for hydroxylation is 1. The summed E-state index contributed by atoms with van der Waals surface area (Å²) >= 11 is 6.99. The smallest absolute Gasteiger partial charge is 0.255 e. The molecule has 0 saturated carbocycles. The van der Waals surface area contributed by atoms with Crippen molar-refractivity contribution in [2.24, 2.45) is 0 Å². The minimum Gasteiger partial charge on any atom is -0.490 e. The molecule has 0 heterocycles. The Morgan fingerprint density at radius 1 is 0.966 bits per heavy atom. The topological polar surface area (TPSA) is 47.6 Å². The number of amides is 1. The number of nitrogens with one attached hydrogen (secondary N) is 1. The summed E-state index contributed by atoms with van der Waals surface area (Å²) in [6.07, 6.45) is 0. The maximum Gasteiger partial charge on any atom is 0.255 e. The van der Waals surface area contributed by atoms with Crippen molar-refractivity contribution in [1.29, 1.82) is 0 Å². The van der Waals surface area contributed by atoms with Gasteiger partial charge in [0.1, 0.15) is 6.61 Å². The molecule has 3 aromatic rings. The lowest BCUT2D eigenvalue weighted by Crippen LogP contribution is -2.13. The molecule has 0 spiro atoms. The highest BCUT2D eigenvalue weighted by atomic mass is 79.9. The summed E-state index contributed by atoms with van der Waals surface area (Å²) in [6, 6.07) is 19.0. The molecule has 6 heteroatoms. The van der Waals surface area contributed by atoms with E-state index in [1.54, 1.807) is 12.1 Å². The van der Waals surface area contributed by atoms with Gasteiger partial charge in [-0.2, -0.15) is 0 Å². The molecule has 0 bridgehead atoms. The summed E-state index contributed by atoms with van der Waals surface area (Å²) in [7, 11) is 0. The highest BCUT2D eigenvalue weighted by Gasteiger charge is 2.17. The number of carbonyl (C=O) groups is 1. The lowest BCUT2D eigenvalue weighted by molar-refractivity contribution is 0.102. The van der Waals surface area contributed by atoms with Crippen molar-refractivity contribution in [1.82, 2.24) is 0 Å². The van der Waals surface area contributed by atoms with Crippen LogP contribution >= 0.6 is 31.9 Å². The van der Waals surface area contributed by atoms with Gasteiger partial charge in [-0.05, 0) is 71.2 Å². The second kappa shape index (κ2) is 9.94. The molecule has 0 saturated heterocycles. The van der Waals surface area contributed by atoms with E-state index >= 15 is 0 Å². The maximum absolute atomic E-state index is 12.8. The van der Waals surface area contributed by atoms with E-state index in [-0.39, 0.29) is 5.91 Å². The van der Waals surface area contributed by atoms with Gasteiger partial charge in [-0.3, -0.25) is 4.79 Å². The predicted octanol–water partition coefficient (Wildman–Crippen LogP) is 6.75. The van der Waals surface area contributed by atoms with E-state index in [0.29, 0.717) is 34.7 Å². The Kier molecular flexibility index (Phi) is 7.34. The van der Waals surface area contributed by atoms with E-state index in [0.717, 1.165) is 21.3 Å². The molecule has 0 radical (unpaired) electrons. The molecule has 1 amide bonds. The van der Waals surface area contributed by atoms with Crippen LogP contribution in [-0.4, -0.2) is 12.5 Å². The average molecular weight is 519 g/mol. The van der Waals surface area contributed by atoms with E-state index < -0.39 is 0 Å². The number of rotatable bonds is 7. The lowest BCUT2D eigenvalue weighted by atomic mass is 10.1. The molecular formula is C23H21Br2NO3. The Morgan fingerprint density at radius 2 is 1.72 bits per heavy atom. The minimum atomic E-state index is -0.219. The molecule has 150 valence electrons. The fraction of sp³-hybridized carbons (Fsp3) is 0.174. The van der Waals surface area contributed by atoms with Crippen molar-refractivity contribution in [2.45, 2.75) is 20.5 Å². The monoisotopic (exact) mass is 517 g/mol. The molecule has 0 fully saturated rings. The van der Waals surface area contributed by atoms with Crippen LogP contribution in [-0.2, 0) is 6.61 Å². The van der Waals surface area contributed by atoms with Gasteiger partial charge in [-0.25, -0.2) is 0 Å². The SMILES string of the molecule is CCOc1cc(C(=O)Nc2ccc(Br)c(C)c2)cc(Br)c1OCc1ccccc1. The Balaban J connectivity index is 1.82. The van der Waals surface area contributed by atoms with E-state index in [4.69, 9.17) is 9.47 Å². The number of ether oxygens (including phenoxy) is 2. The largest absolute Gasteiger partial charge is 0.490 e. The minimum absolute atomic E-state index is 0.219. The number of halogens is 2. The van der Waals surface area contributed by atoms with Crippen LogP contribution in [0.15, 0.2) is 69.6 Å². The zero-order chi connectivity index (χ0) is 20.8. The van der Waals surface area contributed by atoms with Crippen LogP contribution < -0.4 is 14.8 Å². The van der Waals surface area contributed by atoms with Gasteiger partial charge >= 0.3 is 0 Å². The fourth-order valence-electron chi connectivity index (χ4n) is 2.76. The molecule has 0 unspecified atom stereocenters. The summed E-state index contributed by atoms with van der Waals surface area (Å²) in [6.45, 7) is 4.74. The standard InChI is InChI=1S/C23H21Br2NO3/c1-3-28-21-13-17(23(27)26-18-9-10-19(24)15(2)11-18)12-20(25)22(21)29-14-16-7-5-4-6-8-16/h4-13H,3,14H2,1-2H3,(H,26,27). The molecule has 3 rings (SSSR count). The normalized spacial score (nSPS) is 10.5. The molecular weight excluding hydrogens is 498 g/mol. The highest BCUT2D eigenvalue weighted by Crippen LogP contribution is 2.37. The number of hydrogen-bond acceptors (Lipinski definition) is 3. The van der Waals surface area contributed by atoms with Gasteiger partial charge in [-0.15, -0.1) is 0 Å². The highest BCUT2D eigenvalue weighted by molar-refractivity contribution is 9.10. The van der Waals surface area contributed by atoms with Crippen molar-refractivity contribution >= 4 is 43.5 Å². The van der Waals surface area contributed by atoms with Crippen molar-refractivity contribution in [3.63, 3.8) is 0 Å². The first-order valence-electron chi connectivity index (χ1n) is 9.18. The summed E-state index contributed by atoms with van der Waals surface area (Å²) < 4.78 is 13.4. The first-order chi connectivity index (χ1) is 14.0. The van der Waals surface area contributed by atoms with Crippen LogP contribution in [0.1, 0.15) is 28.4 Å². The van der Waals surface area contributed by atoms with Crippen LogP contribution in [0, 0.1) is 6.92 Å². The van der Waals surface area contributed by atoms with Gasteiger partial charge in [0.05, 0.1) is 11.1 Å². The number of carbonyl (C=O) groups excluding carboxylic acids is 1. The summed E-state index contributed by atoms with van der Waals surface area (Å²) in [5.74, 6) is 0.879. The Morgan fingerprint density at radius 3 is 2.41 bits per heavy atom. The first-order valence-corrected chi connectivity index (χ1v) is 10.8. The zero-order valence-corrected chi connectivity index (χ0v) is 19.3. The quantitative estimate of drug-likeness (QED) is 0.376. The van der Waals surface area contributed by atoms with Crippen molar-refractivity contribution < 1.29 is 14.3 Å². The van der Waals surface area contributed by atoms with Crippen molar-refractivity contribution in [2.75, 3.05) is 11.9 Å². The van der Waals surface area contributed by atoms with Gasteiger partial charge in [0.15, 0.2) is 11.5 Å². The van der Waals surface area contributed by atoms with Crippen LogP contribution in [0.2, 0.25) is 0 Å². The third-order valence-electron chi connectivity index (χ3n) is 4.21. The van der Waals surface area contributed by atoms with Gasteiger partial charge < -0.3 is 14.8 Å². The third-order valence-corrected chi connectivity index (χ3v) is 5.69. The molecule has 3 aromatic carbocycles. The van der Waals surface area contributed by atoms with Gasteiger partial charge in [0.25, 0.3) is 5.91 Å². The summed E-state index contributed by atoms with van der Waals surface area (Å²) in [5.41, 5.74) is 3.31. The summed E-state index contributed by atoms with van der Waals surface area (Å²) in [4.78, 5) is 12.8. The number of hydrogen-bond donors (Lipinski definition) is 1. The summed E-state index contributed by atoms with van der Waals surface area (Å²) in [5, 5.41) is 2.92. The van der Waals surface area contributed by atoms with E-state index in [9.17, 15) is 4.79 Å². The lowest BCUT2D eigenvalue weighted by Gasteiger charge is -2.16. The molecule has 0 aliphatic rings. The third kappa shape index (κ3) is 5.61. The van der Waals surface area contributed by atoms with Gasteiger partial charge in [0, 0.05) is 15.7 Å². The Labute approximate surface area is 187 Å². The maximum atomic E-state index is 12.8. The molecule has 29 heavy (non-hydrogen) atoms.